The zero-order chi connectivity index (χ0) is 19.8. The Morgan fingerprint density at radius 3 is 2.52 bits per heavy atom. The summed E-state index contributed by atoms with van der Waals surface area (Å²) in [6, 6.07) is 15.0. The third-order valence-corrected chi connectivity index (χ3v) is 5.51. The van der Waals surface area contributed by atoms with Crippen LogP contribution >= 0.6 is 23.4 Å². The predicted octanol–water partition coefficient (Wildman–Crippen LogP) is 4.29. The van der Waals surface area contributed by atoms with Crippen molar-refractivity contribution in [3.05, 3.63) is 64.7 Å². The van der Waals surface area contributed by atoms with Gasteiger partial charge >= 0.3 is 0 Å². The second kappa shape index (κ2) is 10.4. The van der Waals surface area contributed by atoms with Crippen LogP contribution in [-0.4, -0.2) is 35.6 Å². The van der Waals surface area contributed by atoms with Gasteiger partial charge in [-0.1, -0.05) is 41.4 Å². The van der Waals surface area contributed by atoms with Crippen molar-refractivity contribution in [3.8, 4) is 0 Å². The van der Waals surface area contributed by atoms with Gasteiger partial charge in [-0.3, -0.25) is 9.59 Å². The topological polar surface area (TPSA) is 49.4 Å². The fourth-order valence-corrected chi connectivity index (χ4v) is 3.71. The van der Waals surface area contributed by atoms with Gasteiger partial charge in [0.15, 0.2) is 0 Å². The Kier molecular flexibility index (Phi) is 8.20. The Balaban J connectivity index is 2.03. The first kappa shape index (κ1) is 21.3. The van der Waals surface area contributed by atoms with Gasteiger partial charge in [0.05, 0.1) is 0 Å². The molecule has 144 valence electrons. The lowest BCUT2D eigenvalue weighted by Gasteiger charge is -2.28. The molecule has 2 aromatic rings. The minimum absolute atomic E-state index is 0.0503. The number of amides is 2. The van der Waals surface area contributed by atoms with Crippen molar-refractivity contribution in [3.63, 3.8) is 0 Å². The summed E-state index contributed by atoms with van der Waals surface area (Å²) in [5, 5.41) is 3.23. The number of likely N-dealkylation sites (N-methyl/N-ethyl adjacent to an activating group) is 1. The van der Waals surface area contributed by atoms with Gasteiger partial charge < -0.3 is 10.2 Å². The molecule has 0 radical (unpaired) electrons. The van der Waals surface area contributed by atoms with E-state index < -0.39 is 6.04 Å². The van der Waals surface area contributed by atoms with Crippen LogP contribution < -0.4 is 5.32 Å². The highest BCUT2D eigenvalue weighted by Gasteiger charge is 2.25. The maximum atomic E-state index is 12.8. The van der Waals surface area contributed by atoms with Crippen LogP contribution in [0.1, 0.15) is 24.5 Å². The first-order chi connectivity index (χ1) is 12.9. The molecule has 2 rings (SSSR count). The molecule has 0 unspecified atom stereocenters. The molecule has 2 aromatic carbocycles. The van der Waals surface area contributed by atoms with Crippen LogP contribution in [0.2, 0.25) is 5.02 Å². The monoisotopic (exact) mass is 404 g/mol. The Labute approximate surface area is 170 Å². The fraction of sp³-hybridized carbons (Fsp3) is 0.333. The lowest BCUT2D eigenvalue weighted by atomic mass is 10.1. The van der Waals surface area contributed by atoms with E-state index in [0.29, 0.717) is 23.7 Å². The second-order valence-corrected chi connectivity index (χ2v) is 7.96. The SMILES string of the molecule is CNC(=O)[C@@H](C)N(Cc1cccc(Cl)c1)C(=O)CCSc1ccc(C)cc1. The molecule has 6 heteroatoms. The van der Waals surface area contributed by atoms with Crippen molar-refractivity contribution < 1.29 is 9.59 Å². The summed E-state index contributed by atoms with van der Waals surface area (Å²) in [5.41, 5.74) is 2.11. The fourth-order valence-electron chi connectivity index (χ4n) is 2.66. The molecule has 0 aliphatic heterocycles. The number of carbonyl (C=O) groups excluding carboxylic acids is 2. The molecule has 2 amide bonds. The van der Waals surface area contributed by atoms with Gasteiger partial charge in [-0.25, -0.2) is 0 Å². The molecule has 0 aromatic heterocycles. The second-order valence-electron chi connectivity index (χ2n) is 6.35. The largest absolute Gasteiger partial charge is 0.357 e. The quantitative estimate of drug-likeness (QED) is 0.667. The summed E-state index contributed by atoms with van der Waals surface area (Å²) < 4.78 is 0. The molecule has 0 fully saturated rings. The van der Waals surface area contributed by atoms with Gasteiger partial charge in [0.25, 0.3) is 0 Å². The van der Waals surface area contributed by atoms with E-state index in [0.717, 1.165) is 10.5 Å². The molecule has 0 saturated heterocycles. The average Bonchev–Trinajstić information content (AvgIpc) is 2.66. The zero-order valence-electron chi connectivity index (χ0n) is 15.9. The van der Waals surface area contributed by atoms with Crippen LogP contribution in [0.25, 0.3) is 0 Å². The van der Waals surface area contributed by atoms with Crippen molar-refractivity contribution in [2.45, 2.75) is 37.8 Å². The van der Waals surface area contributed by atoms with Gasteiger partial charge in [-0.05, 0) is 43.7 Å². The van der Waals surface area contributed by atoms with Gasteiger partial charge in [-0.15, -0.1) is 11.8 Å². The molecule has 0 bridgehead atoms. The minimum Gasteiger partial charge on any atom is -0.357 e. The van der Waals surface area contributed by atoms with Crippen molar-refractivity contribution in [2.24, 2.45) is 0 Å². The van der Waals surface area contributed by atoms with E-state index in [-0.39, 0.29) is 11.8 Å². The maximum absolute atomic E-state index is 12.8. The molecule has 0 heterocycles. The summed E-state index contributed by atoms with van der Waals surface area (Å²) in [7, 11) is 1.58. The van der Waals surface area contributed by atoms with E-state index in [4.69, 9.17) is 11.6 Å². The van der Waals surface area contributed by atoms with Crippen LogP contribution in [-0.2, 0) is 16.1 Å². The highest BCUT2D eigenvalue weighted by atomic mass is 35.5. The van der Waals surface area contributed by atoms with Gasteiger partial charge in [0.1, 0.15) is 6.04 Å². The molecule has 0 saturated carbocycles. The number of nitrogens with one attached hydrogen (secondary N) is 1. The normalized spacial score (nSPS) is 11.7. The number of thioether (sulfide) groups is 1. The van der Waals surface area contributed by atoms with E-state index >= 15 is 0 Å². The van der Waals surface area contributed by atoms with Gasteiger partial charge in [0.2, 0.25) is 11.8 Å². The lowest BCUT2D eigenvalue weighted by Crippen LogP contribution is -2.46. The summed E-state index contributed by atoms with van der Waals surface area (Å²) in [4.78, 5) is 27.7. The molecule has 27 heavy (non-hydrogen) atoms. The third-order valence-electron chi connectivity index (χ3n) is 4.26. The Morgan fingerprint density at radius 1 is 1.19 bits per heavy atom. The minimum atomic E-state index is -0.550. The standard InChI is InChI=1S/C21H25ClN2O2S/c1-15-7-9-19(10-8-15)27-12-11-20(25)24(16(2)21(26)23-3)14-17-5-4-6-18(22)13-17/h4-10,13,16H,11-12,14H2,1-3H3,(H,23,26)/t16-/m1/s1. The predicted molar refractivity (Wildman–Crippen MR) is 112 cm³/mol. The number of nitrogens with zero attached hydrogens (tertiary/aromatic N) is 1. The van der Waals surface area contributed by atoms with Crippen LogP contribution in [0, 0.1) is 6.92 Å². The van der Waals surface area contributed by atoms with Crippen LogP contribution in [0.4, 0.5) is 0 Å². The highest BCUT2D eigenvalue weighted by molar-refractivity contribution is 7.99. The maximum Gasteiger partial charge on any atom is 0.242 e. The van der Waals surface area contributed by atoms with Crippen molar-refractivity contribution >= 4 is 35.2 Å². The molecular weight excluding hydrogens is 380 g/mol. The van der Waals surface area contributed by atoms with E-state index in [1.807, 2.05) is 25.1 Å². The molecular formula is C21H25ClN2O2S. The van der Waals surface area contributed by atoms with E-state index in [1.54, 1.807) is 36.7 Å². The first-order valence-electron chi connectivity index (χ1n) is 8.85. The summed E-state index contributed by atoms with van der Waals surface area (Å²) in [6.45, 7) is 4.14. The van der Waals surface area contributed by atoms with E-state index in [9.17, 15) is 9.59 Å². The van der Waals surface area contributed by atoms with E-state index in [2.05, 4.69) is 29.6 Å². The molecule has 0 aliphatic rings. The van der Waals surface area contributed by atoms with Crippen LogP contribution in [0.3, 0.4) is 0 Å². The number of aryl methyl sites for hydroxylation is 1. The lowest BCUT2D eigenvalue weighted by molar-refractivity contribution is -0.140. The van der Waals surface area contributed by atoms with Gasteiger partial charge in [0, 0.05) is 35.7 Å². The summed E-state index contributed by atoms with van der Waals surface area (Å²) >= 11 is 7.69. The number of rotatable bonds is 8. The van der Waals surface area contributed by atoms with Crippen molar-refractivity contribution in [1.82, 2.24) is 10.2 Å². The number of carbonyl (C=O) groups is 2. The van der Waals surface area contributed by atoms with Crippen LogP contribution in [0.15, 0.2) is 53.4 Å². The third kappa shape index (κ3) is 6.60. The number of hydrogen-bond donors (Lipinski definition) is 1. The van der Waals surface area contributed by atoms with Crippen LogP contribution in [0.5, 0.6) is 0 Å². The molecule has 1 N–H and O–H groups in total. The smallest absolute Gasteiger partial charge is 0.242 e. The molecule has 1 atom stereocenters. The molecule has 0 aliphatic carbocycles. The average molecular weight is 405 g/mol. The number of benzene rings is 2. The van der Waals surface area contributed by atoms with Gasteiger partial charge in [-0.2, -0.15) is 0 Å². The Hall–Kier alpha value is -1.98. The molecule has 0 spiro atoms. The number of hydrogen-bond acceptors (Lipinski definition) is 3. The number of halogens is 1. The molecule has 4 nitrogen and oxygen atoms in total. The summed E-state index contributed by atoms with van der Waals surface area (Å²) in [6.07, 6.45) is 0.362. The van der Waals surface area contributed by atoms with Crippen molar-refractivity contribution in [2.75, 3.05) is 12.8 Å². The van der Waals surface area contributed by atoms with Crippen molar-refractivity contribution in [1.29, 1.82) is 0 Å². The van der Waals surface area contributed by atoms with E-state index in [1.165, 1.54) is 5.56 Å². The Bertz CT molecular complexity index is 780. The first-order valence-corrected chi connectivity index (χ1v) is 10.2. The summed E-state index contributed by atoms with van der Waals surface area (Å²) in [5.74, 6) is 0.427. The highest BCUT2D eigenvalue weighted by Crippen LogP contribution is 2.21. The zero-order valence-corrected chi connectivity index (χ0v) is 17.4. The Morgan fingerprint density at radius 2 is 1.89 bits per heavy atom.